The summed E-state index contributed by atoms with van der Waals surface area (Å²) >= 11 is 0. The molecule has 0 saturated carbocycles. The predicted octanol–water partition coefficient (Wildman–Crippen LogP) is 2.61. The molecule has 0 spiro atoms. The number of fused-ring (bicyclic) bond motifs is 2. The first kappa shape index (κ1) is 24.2. The molecule has 2 amide bonds. The molecule has 1 aromatic carbocycles. The Kier molecular flexibility index (Phi) is 5.94. The third kappa shape index (κ3) is 3.89. The maximum absolute atomic E-state index is 16.0. The van der Waals surface area contributed by atoms with Gasteiger partial charge >= 0.3 is 0 Å². The number of carbonyl (C=O) groups excluding carboxylic acids is 2. The van der Waals surface area contributed by atoms with Crippen molar-refractivity contribution in [3.05, 3.63) is 54.1 Å². The van der Waals surface area contributed by atoms with Crippen LogP contribution in [0.2, 0.25) is 0 Å². The van der Waals surface area contributed by atoms with E-state index < -0.39 is 35.2 Å². The Bertz CT molecular complexity index is 1250. The van der Waals surface area contributed by atoms with Gasteiger partial charge in [-0.3, -0.25) is 9.59 Å². The number of anilines is 1. The number of carbonyl (C=O) groups is 2. The van der Waals surface area contributed by atoms with Gasteiger partial charge in [0, 0.05) is 37.3 Å². The summed E-state index contributed by atoms with van der Waals surface area (Å²) in [4.78, 5) is 35.5. The molecule has 2 aromatic rings. The van der Waals surface area contributed by atoms with Crippen LogP contribution in [-0.2, 0) is 4.79 Å². The Labute approximate surface area is 207 Å². The van der Waals surface area contributed by atoms with Gasteiger partial charge in [-0.2, -0.15) is 0 Å². The molecular weight excluding hydrogens is 470 g/mol. The largest absolute Gasteiger partial charge is 0.487 e. The van der Waals surface area contributed by atoms with E-state index in [0.29, 0.717) is 13.0 Å². The van der Waals surface area contributed by atoms with Gasteiger partial charge in [-0.1, -0.05) is 18.7 Å². The van der Waals surface area contributed by atoms with E-state index in [4.69, 9.17) is 4.74 Å². The number of nitrogens with zero attached hydrogens (tertiary/aromatic N) is 4. The number of hydrogen-bond acceptors (Lipinski definition) is 6. The molecule has 4 heterocycles. The summed E-state index contributed by atoms with van der Waals surface area (Å²) in [6.07, 6.45) is 0.949. The van der Waals surface area contributed by atoms with Crippen LogP contribution in [0.4, 0.5) is 14.6 Å². The van der Waals surface area contributed by atoms with Crippen LogP contribution in [0.15, 0.2) is 36.9 Å². The number of hydrogen-bond donors (Lipinski definition) is 1. The second-order valence-corrected chi connectivity index (χ2v) is 10.0. The Balaban J connectivity index is 1.68. The van der Waals surface area contributed by atoms with E-state index in [9.17, 15) is 19.1 Å². The first-order valence-corrected chi connectivity index (χ1v) is 11.9. The third-order valence-corrected chi connectivity index (χ3v) is 7.18. The second-order valence-electron chi connectivity index (χ2n) is 10.0. The van der Waals surface area contributed by atoms with Crippen molar-refractivity contribution < 1.29 is 28.2 Å². The smallest absolute Gasteiger partial charge is 0.262 e. The monoisotopic (exact) mass is 498 g/mol. The molecule has 5 rings (SSSR count). The minimum absolute atomic E-state index is 0.0528. The molecule has 0 radical (unpaired) electrons. The van der Waals surface area contributed by atoms with Crippen molar-refractivity contribution in [1.82, 2.24) is 14.8 Å². The normalized spacial score (nSPS) is 23.0. The highest BCUT2D eigenvalue weighted by Gasteiger charge is 2.45. The minimum atomic E-state index is -0.927. The molecule has 2 fully saturated rings. The highest BCUT2D eigenvalue weighted by Crippen LogP contribution is 2.43. The van der Waals surface area contributed by atoms with Gasteiger partial charge in [0.1, 0.15) is 29.5 Å². The molecule has 0 bridgehead atoms. The van der Waals surface area contributed by atoms with Crippen LogP contribution in [0.25, 0.3) is 11.3 Å². The number of aliphatic hydroxyl groups is 1. The van der Waals surface area contributed by atoms with Crippen molar-refractivity contribution in [2.45, 2.75) is 38.0 Å². The number of halogens is 2. The van der Waals surface area contributed by atoms with Gasteiger partial charge in [-0.25, -0.2) is 13.8 Å². The van der Waals surface area contributed by atoms with E-state index >= 15 is 4.39 Å². The van der Waals surface area contributed by atoms with Gasteiger partial charge in [0.05, 0.1) is 12.1 Å². The summed E-state index contributed by atoms with van der Waals surface area (Å²) in [6, 6.07) is 5.19. The lowest BCUT2D eigenvalue weighted by Crippen LogP contribution is -2.57. The van der Waals surface area contributed by atoms with E-state index in [1.165, 1.54) is 24.3 Å². The van der Waals surface area contributed by atoms with Crippen LogP contribution in [0, 0.1) is 11.6 Å². The lowest BCUT2D eigenvalue weighted by molar-refractivity contribution is -0.128. The highest BCUT2D eigenvalue weighted by molar-refractivity contribution is 6.03. The fraction of sp³-hybridized carbons (Fsp3) is 0.423. The molecule has 10 heteroatoms. The molecule has 3 aliphatic rings. The summed E-state index contributed by atoms with van der Waals surface area (Å²) in [6.45, 7) is 8.18. The number of pyridine rings is 1. The Morgan fingerprint density at radius 2 is 2.00 bits per heavy atom. The molecule has 1 N–H and O–H groups in total. The van der Waals surface area contributed by atoms with Crippen LogP contribution < -0.4 is 9.64 Å². The van der Waals surface area contributed by atoms with Crippen molar-refractivity contribution in [3.63, 3.8) is 0 Å². The van der Waals surface area contributed by atoms with Crippen molar-refractivity contribution >= 4 is 17.6 Å². The Morgan fingerprint density at radius 1 is 1.25 bits per heavy atom. The van der Waals surface area contributed by atoms with Gasteiger partial charge in [-0.05, 0) is 38.5 Å². The average molecular weight is 499 g/mol. The molecule has 0 aliphatic carbocycles. The number of aromatic nitrogens is 1. The summed E-state index contributed by atoms with van der Waals surface area (Å²) in [7, 11) is 0. The predicted molar refractivity (Wildman–Crippen MR) is 129 cm³/mol. The quantitative estimate of drug-likeness (QED) is 0.655. The van der Waals surface area contributed by atoms with Crippen molar-refractivity contribution in [2.24, 2.45) is 0 Å². The zero-order valence-corrected chi connectivity index (χ0v) is 20.2. The van der Waals surface area contributed by atoms with Gasteiger partial charge in [0.2, 0.25) is 5.91 Å². The van der Waals surface area contributed by atoms with E-state index in [1.54, 1.807) is 20.8 Å². The molecule has 190 valence electrons. The zero-order valence-electron chi connectivity index (χ0n) is 20.2. The Hall–Kier alpha value is -3.53. The van der Waals surface area contributed by atoms with Gasteiger partial charge in [-0.15, -0.1) is 0 Å². The molecular formula is C26H28F2N4O4. The van der Waals surface area contributed by atoms with Crippen LogP contribution in [0.5, 0.6) is 5.75 Å². The van der Waals surface area contributed by atoms with E-state index in [1.807, 2.05) is 13.8 Å². The van der Waals surface area contributed by atoms with Crippen molar-refractivity contribution in [3.8, 4) is 17.0 Å². The maximum Gasteiger partial charge on any atom is 0.262 e. The number of amides is 2. The number of piperazine rings is 1. The molecule has 2 atom stereocenters. The van der Waals surface area contributed by atoms with Gasteiger partial charge in [0.25, 0.3) is 5.91 Å². The second kappa shape index (κ2) is 8.85. The third-order valence-electron chi connectivity index (χ3n) is 7.18. The number of aliphatic hydroxyl groups excluding tert-OH is 1. The van der Waals surface area contributed by atoms with Gasteiger partial charge < -0.3 is 24.5 Å². The SMILES string of the molecule is C=CC(=O)N1CCN2C(=O)c3c(N4CC(O)CC4(C)C)nc(-c4ccccc4F)c(F)c3OC[C@H]2C1. The molecule has 8 nitrogen and oxygen atoms in total. The van der Waals surface area contributed by atoms with E-state index in [2.05, 4.69) is 11.6 Å². The number of benzene rings is 1. The molecule has 3 aliphatic heterocycles. The fourth-order valence-electron chi connectivity index (χ4n) is 5.39. The lowest BCUT2D eigenvalue weighted by atomic mass is 10.00. The fourth-order valence-corrected chi connectivity index (χ4v) is 5.39. The first-order chi connectivity index (χ1) is 17.1. The average Bonchev–Trinajstić information content (AvgIpc) is 3.04. The summed E-state index contributed by atoms with van der Waals surface area (Å²) < 4.78 is 36.6. The molecule has 36 heavy (non-hydrogen) atoms. The number of β-amino-alcohol motifs (C(OH)–C–C–N with tert-alkyl or cyclic N) is 1. The molecule has 2 saturated heterocycles. The van der Waals surface area contributed by atoms with Crippen LogP contribution in [-0.4, -0.2) is 82.2 Å². The number of ether oxygens (including phenoxy) is 1. The lowest BCUT2D eigenvalue weighted by Gasteiger charge is -2.40. The van der Waals surface area contributed by atoms with Crippen LogP contribution in [0.3, 0.4) is 0 Å². The summed E-state index contributed by atoms with van der Waals surface area (Å²) in [5.41, 5.74) is -0.987. The molecule has 1 unspecified atom stereocenters. The van der Waals surface area contributed by atoms with Crippen molar-refractivity contribution in [2.75, 3.05) is 37.7 Å². The first-order valence-electron chi connectivity index (χ1n) is 11.9. The van der Waals surface area contributed by atoms with Gasteiger partial charge in [0.15, 0.2) is 11.6 Å². The Morgan fingerprint density at radius 3 is 2.67 bits per heavy atom. The number of rotatable bonds is 3. The maximum atomic E-state index is 16.0. The van der Waals surface area contributed by atoms with E-state index in [0.717, 1.165) is 0 Å². The molecule has 1 aromatic heterocycles. The standard InChI is InChI=1S/C26H28F2N4O4/c1-4-19(34)30-9-10-31-15(12-30)14-36-23-20(25(31)35)24(32-13-16(33)11-26(32,2)3)29-22(21(23)28)17-7-5-6-8-18(17)27/h4-8,15-16,33H,1,9-14H2,2-3H3/t15-,16?/m1/s1. The zero-order chi connectivity index (χ0) is 25.8. The van der Waals surface area contributed by atoms with E-state index in [-0.39, 0.29) is 60.5 Å². The van der Waals surface area contributed by atoms with Crippen LogP contribution >= 0.6 is 0 Å². The topological polar surface area (TPSA) is 86.2 Å². The van der Waals surface area contributed by atoms with Crippen LogP contribution in [0.1, 0.15) is 30.6 Å². The summed E-state index contributed by atoms with van der Waals surface area (Å²) in [5.74, 6) is -2.48. The minimum Gasteiger partial charge on any atom is -0.487 e. The van der Waals surface area contributed by atoms with Crippen molar-refractivity contribution in [1.29, 1.82) is 0 Å². The highest BCUT2D eigenvalue weighted by atomic mass is 19.1. The summed E-state index contributed by atoms with van der Waals surface area (Å²) in [5, 5.41) is 10.4.